The summed E-state index contributed by atoms with van der Waals surface area (Å²) in [5.41, 5.74) is -0.312. The molecule has 0 bridgehead atoms. The number of aliphatic hydroxyl groups excluding tert-OH is 4. The van der Waals surface area contributed by atoms with Crippen LogP contribution < -0.4 is 0 Å². The van der Waals surface area contributed by atoms with Gasteiger partial charge in [0.15, 0.2) is 0 Å². The average Bonchev–Trinajstić information content (AvgIpc) is 2.65. The largest absolute Gasteiger partial charge is 0.508 e. The van der Waals surface area contributed by atoms with Gasteiger partial charge in [-0.15, -0.1) is 0 Å². The van der Waals surface area contributed by atoms with Crippen molar-refractivity contribution in [3.05, 3.63) is 53.6 Å². The molecule has 0 spiro atoms. The van der Waals surface area contributed by atoms with Crippen molar-refractivity contribution in [2.75, 3.05) is 6.61 Å². The van der Waals surface area contributed by atoms with E-state index in [9.17, 15) is 35.7 Å². The molecule has 1 aliphatic carbocycles. The molecule has 6 atom stereocenters. The number of hydrogen-bond acceptors (Lipinski definition) is 8. The van der Waals surface area contributed by atoms with Gasteiger partial charge in [-0.3, -0.25) is 0 Å². The Kier molecular flexibility index (Phi) is 5.90. The summed E-state index contributed by atoms with van der Waals surface area (Å²) in [5.74, 6) is -0.130. The summed E-state index contributed by atoms with van der Waals surface area (Å²) in [6.07, 6.45) is 1.28. The number of ether oxygens (including phenoxy) is 1. The first-order chi connectivity index (χ1) is 13.2. The molecule has 1 aromatic rings. The molecular weight excluding hydrogens is 368 g/mol. The molecule has 2 unspecified atom stereocenters. The second-order valence-corrected chi connectivity index (χ2v) is 7.10. The highest BCUT2D eigenvalue weighted by Gasteiger charge is 2.51. The number of phenols is 2. The maximum absolute atomic E-state index is 10.9. The SMILES string of the molecule is OC[C@H]1OC(C2(O)C=CC(C=Cc3cc(O)cc(O)c3)=CC2)[C@H](O)[C@@H](O)[C@@H]1O. The van der Waals surface area contributed by atoms with Crippen molar-refractivity contribution >= 4 is 6.08 Å². The number of phenolic OH excluding ortho intramolecular Hbond substituents is 2. The summed E-state index contributed by atoms with van der Waals surface area (Å²) in [6, 6.07) is 4.18. The molecule has 8 nitrogen and oxygen atoms in total. The van der Waals surface area contributed by atoms with E-state index >= 15 is 0 Å². The zero-order chi connectivity index (χ0) is 20.5. The number of aromatic hydroxyl groups is 2. The van der Waals surface area contributed by atoms with Crippen molar-refractivity contribution in [1.82, 2.24) is 0 Å². The quantitative estimate of drug-likeness (QED) is 0.365. The van der Waals surface area contributed by atoms with Gasteiger partial charge >= 0.3 is 0 Å². The monoisotopic (exact) mass is 392 g/mol. The summed E-state index contributed by atoms with van der Waals surface area (Å²) in [5, 5.41) is 69.2. The minimum atomic E-state index is -1.63. The second-order valence-electron chi connectivity index (χ2n) is 7.10. The Morgan fingerprint density at radius 1 is 1.00 bits per heavy atom. The van der Waals surface area contributed by atoms with Crippen LogP contribution in [0.1, 0.15) is 12.0 Å². The van der Waals surface area contributed by atoms with Gasteiger partial charge in [0.1, 0.15) is 47.6 Å². The maximum atomic E-state index is 10.9. The van der Waals surface area contributed by atoms with E-state index in [0.29, 0.717) is 5.56 Å². The van der Waals surface area contributed by atoms with E-state index in [2.05, 4.69) is 0 Å². The minimum Gasteiger partial charge on any atom is -0.508 e. The number of allylic oxidation sites excluding steroid dienone is 3. The fourth-order valence-electron chi connectivity index (χ4n) is 3.41. The van der Waals surface area contributed by atoms with E-state index in [-0.39, 0.29) is 17.9 Å². The Balaban J connectivity index is 1.73. The van der Waals surface area contributed by atoms with Crippen LogP contribution in [0.5, 0.6) is 11.5 Å². The van der Waals surface area contributed by atoms with Gasteiger partial charge < -0.3 is 40.5 Å². The van der Waals surface area contributed by atoms with Crippen LogP contribution in [0, 0.1) is 0 Å². The van der Waals surface area contributed by atoms with E-state index < -0.39 is 42.7 Å². The molecule has 1 saturated heterocycles. The normalized spacial score (nSPS) is 35.9. The highest BCUT2D eigenvalue weighted by molar-refractivity contribution is 5.59. The molecule has 1 heterocycles. The van der Waals surface area contributed by atoms with Crippen molar-refractivity contribution < 1.29 is 40.5 Å². The number of aliphatic hydroxyl groups is 5. The second kappa shape index (κ2) is 8.04. The van der Waals surface area contributed by atoms with Gasteiger partial charge in [-0.25, -0.2) is 0 Å². The molecule has 7 N–H and O–H groups in total. The van der Waals surface area contributed by atoms with Crippen LogP contribution in [0.3, 0.4) is 0 Å². The molecule has 0 saturated carbocycles. The summed E-state index contributed by atoms with van der Waals surface area (Å²) >= 11 is 0. The first kappa shape index (κ1) is 20.5. The van der Waals surface area contributed by atoms with Gasteiger partial charge in [0.25, 0.3) is 0 Å². The van der Waals surface area contributed by atoms with E-state index in [0.717, 1.165) is 5.57 Å². The van der Waals surface area contributed by atoms with Crippen molar-refractivity contribution in [1.29, 1.82) is 0 Å². The maximum Gasteiger partial charge on any atom is 0.119 e. The predicted octanol–water partition coefficient (Wildman–Crippen LogP) is -0.429. The van der Waals surface area contributed by atoms with E-state index in [4.69, 9.17) is 4.74 Å². The molecule has 1 aliphatic heterocycles. The molecule has 0 aromatic heterocycles. The average molecular weight is 392 g/mol. The van der Waals surface area contributed by atoms with Crippen LogP contribution >= 0.6 is 0 Å². The lowest BCUT2D eigenvalue weighted by Crippen LogP contribution is -2.64. The molecule has 3 rings (SSSR count). The summed E-state index contributed by atoms with van der Waals surface area (Å²) in [7, 11) is 0. The highest BCUT2D eigenvalue weighted by Crippen LogP contribution is 2.34. The van der Waals surface area contributed by atoms with Crippen LogP contribution in [0.15, 0.2) is 48.1 Å². The smallest absolute Gasteiger partial charge is 0.119 e. The van der Waals surface area contributed by atoms with Crippen LogP contribution in [0.25, 0.3) is 6.08 Å². The number of benzene rings is 1. The Hall–Kier alpha value is -2.20. The highest BCUT2D eigenvalue weighted by atomic mass is 16.6. The molecule has 152 valence electrons. The third-order valence-corrected chi connectivity index (χ3v) is 5.01. The van der Waals surface area contributed by atoms with Crippen molar-refractivity contribution in [3.63, 3.8) is 0 Å². The fourth-order valence-corrected chi connectivity index (χ4v) is 3.41. The van der Waals surface area contributed by atoms with Crippen molar-refractivity contribution in [2.45, 2.75) is 42.5 Å². The first-order valence-electron chi connectivity index (χ1n) is 8.87. The molecule has 2 aliphatic rings. The van der Waals surface area contributed by atoms with Crippen LogP contribution in [-0.2, 0) is 4.74 Å². The third kappa shape index (κ3) is 4.12. The summed E-state index contributed by atoms with van der Waals surface area (Å²) < 4.78 is 5.45. The molecule has 0 amide bonds. The van der Waals surface area contributed by atoms with Crippen LogP contribution in [-0.4, -0.2) is 78.5 Å². The molecule has 1 aromatic carbocycles. The van der Waals surface area contributed by atoms with Gasteiger partial charge in [0, 0.05) is 12.5 Å². The lowest BCUT2D eigenvalue weighted by Gasteiger charge is -2.46. The Bertz CT molecular complexity index is 779. The fraction of sp³-hybridized carbons (Fsp3) is 0.400. The molecule has 0 radical (unpaired) electrons. The summed E-state index contributed by atoms with van der Waals surface area (Å²) in [4.78, 5) is 0. The molecular formula is C20H24O8. The van der Waals surface area contributed by atoms with Gasteiger partial charge in [-0.1, -0.05) is 24.3 Å². The van der Waals surface area contributed by atoms with E-state index in [1.807, 2.05) is 0 Å². The van der Waals surface area contributed by atoms with E-state index in [1.165, 1.54) is 24.3 Å². The lowest BCUT2D eigenvalue weighted by molar-refractivity contribution is -0.261. The van der Waals surface area contributed by atoms with Gasteiger partial charge in [-0.2, -0.15) is 0 Å². The number of hydrogen-bond donors (Lipinski definition) is 7. The van der Waals surface area contributed by atoms with Crippen LogP contribution in [0.2, 0.25) is 0 Å². The standard InChI is InChI=1S/C20H24O8/c21-10-15-16(24)17(25)18(26)19(28-15)20(27)5-3-11(4-6-20)1-2-12-7-13(22)9-14(23)8-12/h1-5,7-9,15-19,21-27H,6,10H2/t15-,16-,17+,18-,19?,20?/m1/s1. The third-order valence-electron chi connectivity index (χ3n) is 5.01. The molecule has 8 heteroatoms. The molecule has 28 heavy (non-hydrogen) atoms. The van der Waals surface area contributed by atoms with Crippen molar-refractivity contribution in [3.8, 4) is 11.5 Å². The van der Waals surface area contributed by atoms with E-state index in [1.54, 1.807) is 24.3 Å². The van der Waals surface area contributed by atoms with Gasteiger partial charge in [-0.05, 0) is 29.3 Å². The van der Waals surface area contributed by atoms with Gasteiger partial charge in [0.05, 0.1) is 6.61 Å². The number of rotatable bonds is 4. The lowest BCUT2D eigenvalue weighted by atomic mass is 9.80. The Labute approximate surface area is 161 Å². The Morgan fingerprint density at radius 3 is 2.25 bits per heavy atom. The Morgan fingerprint density at radius 2 is 1.68 bits per heavy atom. The predicted molar refractivity (Wildman–Crippen MR) is 99.4 cm³/mol. The van der Waals surface area contributed by atoms with Gasteiger partial charge in [0.2, 0.25) is 0 Å². The van der Waals surface area contributed by atoms with Crippen LogP contribution in [0.4, 0.5) is 0 Å². The zero-order valence-electron chi connectivity index (χ0n) is 15.0. The molecule has 1 fully saturated rings. The first-order valence-corrected chi connectivity index (χ1v) is 8.87. The topological polar surface area (TPSA) is 151 Å². The summed E-state index contributed by atoms with van der Waals surface area (Å²) in [6.45, 7) is -0.568. The zero-order valence-corrected chi connectivity index (χ0v) is 15.0. The minimum absolute atomic E-state index is 0.0650. The van der Waals surface area contributed by atoms with Crippen molar-refractivity contribution in [2.24, 2.45) is 0 Å².